The summed E-state index contributed by atoms with van der Waals surface area (Å²) in [4.78, 5) is 12.8. The van der Waals surface area contributed by atoms with Crippen LogP contribution in [-0.2, 0) is 9.53 Å². The first kappa shape index (κ1) is 22.7. The second-order valence-electron chi connectivity index (χ2n) is 10.8. The van der Waals surface area contributed by atoms with Crippen molar-refractivity contribution in [1.29, 1.82) is 0 Å². The molecule has 6 nitrogen and oxygen atoms in total. The second-order valence-corrected chi connectivity index (χ2v) is 10.8. The molecule has 6 heteroatoms. The molecule has 2 bridgehead atoms. The predicted molar refractivity (Wildman–Crippen MR) is 116 cm³/mol. The lowest BCUT2D eigenvalue weighted by molar-refractivity contribution is -0.224. The van der Waals surface area contributed by atoms with Crippen LogP contribution in [0.2, 0.25) is 0 Å². The van der Waals surface area contributed by atoms with Crippen LogP contribution in [0.15, 0.2) is 34.9 Å². The molecule has 0 aromatic carbocycles. The maximum absolute atomic E-state index is 12.8. The lowest BCUT2D eigenvalue weighted by atomic mass is 9.58. The van der Waals surface area contributed by atoms with Crippen molar-refractivity contribution >= 4 is 5.97 Å². The van der Waals surface area contributed by atoms with Gasteiger partial charge < -0.3 is 25.2 Å². The molecule has 4 aliphatic carbocycles. The summed E-state index contributed by atoms with van der Waals surface area (Å²) in [5, 5.41) is 45.6. The van der Waals surface area contributed by atoms with Crippen LogP contribution in [0.25, 0.3) is 0 Å². The molecule has 0 aromatic rings. The standard InChI is InChI=1S/C25H36O6/c1-7-12(2)22(29)31-21-15(11-26)9-16-18-17(23(18,5)6)8-14(4)24(20(16)28)10-13(3)19(27)25(21,24)30/h7,9-10,14,16-21,26-28,30H,8,11H2,1-6H3/b12-7-/t14-,16+,17-,18+,19+,20?,21-,24+,25-/m1/s1. The van der Waals surface area contributed by atoms with Gasteiger partial charge in [-0.2, -0.15) is 0 Å². The molecule has 31 heavy (non-hydrogen) atoms. The molecule has 4 rings (SSSR count). The Hall–Kier alpha value is -1.47. The van der Waals surface area contributed by atoms with Crippen molar-refractivity contribution in [3.05, 3.63) is 34.9 Å². The van der Waals surface area contributed by atoms with Crippen molar-refractivity contribution in [3.8, 4) is 0 Å². The molecule has 4 aliphatic rings. The molecule has 172 valence electrons. The summed E-state index contributed by atoms with van der Waals surface area (Å²) in [7, 11) is 0. The SMILES string of the molecule is C/C=C(/C)C(=O)O[C@@H]1C(CO)=C[C@@H]2C(O)[C@]3(C=C(C)[C@H](O)[C@@]13O)[C@H](C)C[C@@H]1[C@H]2C1(C)C. The first-order valence-corrected chi connectivity index (χ1v) is 11.3. The van der Waals surface area contributed by atoms with Crippen LogP contribution in [0.3, 0.4) is 0 Å². The number of esters is 1. The van der Waals surface area contributed by atoms with Crippen LogP contribution in [0.4, 0.5) is 0 Å². The van der Waals surface area contributed by atoms with Gasteiger partial charge in [0, 0.05) is 11.5 Å². The molecule has 0 amide bonds. The minimum atomic E-state index is -1.98. The Morgan fingerprint density at radius 2 is 1.97 bits per heavy atom. The van der Waals surface area contributed by atoms with E-state index in [0.29, 0.717) is 22.6 Å². The van der Waals surface area contributed by atoms with Gasteiger partial charge >= 0.3 is 5.97 Å². The van der Waals surface area contributed by atoms with Crippen LogP contribution in [0.5, 0.6) is 0 Å². The van der Waals surface area contributed by atoms with Crippen molar-refractivity contribution in [3.63, 3.8) is 0 Å². The monoisotopic (exact) mass is 432 g/mol. The van der Waals surface area contributed by atoms with E-state index in [1.807, 2.05) is 19.1 Å². The molecule has 0 aliphatic heterocycles. The molecule has 4 N–H and O–H groups in total. The van der Waals surface area contributed by atoms with Gasteiger partial charge in [-0.25, -0.2) is 4.79 Å². The van der Waals surface area contributed by atoms with Crippen LogP contribution >= 0.6 is 0 Å². The highest BCUT2D eigenvalue weighted by Gasteiger charge is 2.76. The second kappa shape index (κ2) is 7.01. The zero-order chi connectivity index (χ0) is 23.1. The third-order valence-electron chi connectivity index (χ3n) is 9.14. The summed E-state index contributed by atoms with van der Waals surface area (Å²) in [6, 6.07) is 0. The number of carbonyl (C=O) groups is 1. The number of ether oxygens (including phenoxy) is 1. The molecule has 0 aromatic heterocycles. The quantitative estimate of drug-likeness (QED) is 0.309. The third-order valence-corrected chi connectivity index (χ3v) is 9.14. The molecular weight excluding hydrogens is 396 g/mol. The largest absolute Gasteiger partial charge is 0.451 e. The Kier molecular flexibility index (Phi) is 5.14. The first-order valence-electron chi connectivity index (χ1n) is 11.3. The van der Waals surface area contributed by atoms with E-state index in [2.05, 4.69) is 13.8 Å². The molecule has 2 fully saturated rings. The normalized spacial score (nSPS) is 47.9. The van der Waals surface area contributed by atoms with E-state index in [1.54, 1.807) is 26.8 Å². The maximum atomic E-state index is 12.8. The highest BCUT2D eigenvalue weighted by atomic mass is 16.6. The van der Waals surface area contributed by atoms with E-state index in [4.69, 9.17) is 4.74 Å². The molecule has 9 atom stereocenters. The summed E-state index contributed by atoms with van der Waals surface area (Å²) < 4.78 is 5.81. The number of aliphatic hydroxyl groups excluding tert-OH is 3. The number of rotatable bonds is 3. The Bertz CT molecular complexity index is 884. The fourth-order valence-corrected chi connectivity index (χ4v) is 7.20. The predicted octanol–water partition coefficient (Wildman–Crippen LogP) is 2.12. The molecule has 1 unspecified atom stereocenters. The van der Waals surface area contributed by atoms with E-state index in [0.717, 1.165) is 6.42 Å². The number of fused-ring (bicyclic) bond motifs is 3. The van der Waals surface area contributed by atoms with Gasteiger partial charge in [-0.05, 0) is 61.5 Å². The topological polar surface area (TPSA) is 107 Å². The van der Waals surface area contributed by atoms with Crippen molar-refractivity contribution in [2.45, 2.75) is 71.9 Å². The fourth-order valence-electron chi connectivity index (χ4n) is 7.20. The van der Waals surface area contributed by atoms with Crippen molar-refractivity contribution < 1.29 is 30.0 Å². The highest BCUT2D eigenvalue weighted by molar-refractivity contribution is 5.88. The fraction of sp³-hybridized carbons (Fsp3) is 0.720. The summed E-state index contributed by atoms with van der Waals surface area (Å²) in [5.74, 6) is -0.548. The minimum Gasteiger partial charge on any atom is -0.451 e. The first-order chi connectivity index (χ1) is 14.4. The van der Waals surface area contributed by atoms with Gasteiger partial charge in [-0.15, -0.1) is 0 Å². The Balaban J connectivity index is 1.95. The van der Waals surface area contributed by atoms with Crippen molar-refractivity contribution in [1.82, 2.24) is 0 Å². The summed E-state index contributed by atoms with van der Waals surface area (Å²) in [5.41, 5.74) is -1.90. The summed E-state index contributed by atoms with van der Waals surface area (Å²) >= 11 is 0. The number of hydrogen-bond donors (Lipinski definition) is 4. The third kappa shape index (κ3) is 2.68. The number of aliphatic hydroxyl groups is 4. The average molecular weight is 433 g/mol. The van der Waals surface area contributed by atoms with Crippen LogP contribution in [0, 0.1) is 34.5 Å². The zero-order valence-electron chi connectivity index (χ0n) is 19.3. The maximum Gasteiger partial charge on any atom is 0.334 e. The van der Waals surface area contributed by atoms with Crippen LogP contribution in [-0.4, -0.2) is 56.9 Å². The smallest absolute Gasteiger partial charge is 0.334 e. The Labute approximate surface area is 184 Å². The molecule has 2 saturated carbocycles. The van der Waals surface area contributed by atoms with Crippen LogP contribution in [0.1, 0.15) is 48.0 Å². The van der Waals surface area contributed by atoms with Crippen molar-refractivity contribution in [2.24, 2.45) is 34.5 Å². The van der Waals surface area contributed by atoms with Gasteiger partial charge in [-0.1, -0.05) is 39.0 Å². The number of allylic oxidation sites excluding steroid dienone is 1. The van der Waals surface area contributed by atoms with Gasteiger partial charge in [0.2, 0.25) is 0 Å². The lowest BCUT2D eigenvalue weighted by Crippen LogP contribution is -2.67. The van der Waals surface area contributed by atoms with Gasteiger partial charge in [0.15, 0.2) is 6.10 Å². The minimum absolute atomic E-state index is 0.0325. The molecule has 0 saturated heterocycles. The van der Waals surface area contributed by atoms with E-state index in [-0.39, 0.29) is 23.2 Å². The Morgan fingerprint density at radius 3 is 2.55 bits per heavy atom. The van der Waals surface area contributed by atoms with Gasteiger partial charge in [0.25, 0.3) is 0 Å². The Morgan fingerprint density at radius 1 is 1.32 bits per heavy atom. The van der Waals surface area contributed by atoms with Gasteiger partial charge in [0.05, 0.1) is 18.1 Å². The van der Waals surface area contributed by atoms with Gasteiger partial charge in [-0.3, -0.25) is 0 Å². The van der Waals surface area contributed by atoms with Gasteiger partial charge in [0.1, 0.15) is 11.7 Å². The number of hydrogen-bond acceptors (Lipinski definition) is 6. The summed E-state index contributed by atoms with van der Waals surface area (Å²) in [6.07, 6.45) is 2.45. The highest BCUT2D eigenvalue weighted by Crippen LogP contribution is 2.72. The molecule has 0 radical (unpaired) electrons. The van der Waals surface area contributed by atoms with E-state index >= 15 is 0 Å². The van der Waals surface area contributed by atoms with Crippen molar-refractivity contribution in [2.75, 3.05) is 6.61 Å². The average Bonchev–Trinajstić information content (AvgIpc) is 3.23. The number of carbonyl (C=O) groups excluding carboxylic acids is 1. The van der Waals surface area contributed by atoms with E-state index < -0.39 is 41.9 Å². The zero-order valence-corrected chi connectivity index (χ0v) is 19.3. The molecule has 0 heterocycles. The van der Waals surface area contributed by atoms with E-state index in [1.165, 1.54) is 0 Å². The molecule has 1 spiro atoms. The van der Waals surface area contributed by atoms with E-state index in [9.17, 15) is 25.2 Å². The summed E-state index contributed by atoms with van der Waals surface area (Å²) in [6.45, 7) is 11.0. The lowest BCUT2D eigenvalue weighted by Gasteiger charge is -2.52. The molecular formula is C25H36O6. The van der Waals surface area contributed by atoms with Crippen LogP contribution < -0.4 is 0 Å².